The molecule has 176 valence electrons. The minimum atomic E-state index is -1.24. The number of alkyl carbamates (subject to hydrolysis) is 1. The summed E-state index contributed by atoms with van der Waals surface area (Å²) in [5.41, 5.74) is 3.41. The molecular formula is C25H26N4O5. The molecule has 0 spiro atoms. The first kappa shape index (κ1) is 23.0. The monoisotopic (exact) mass is 462 g/mol. The standard InChI is InChI=1S/C25H26N4O5/c1-25(2,12-21(30)26-20-13-29(3)28-22(20)23(31)32)27-24(33)34-14-19-17-10-6-4-8-15(17)16-9-5-7-11-18(16)19/h4-11,13,19H,12,14H2,1-3H3,(H,26,30)(H,27,33)(H,31,32). The molecule has 0 saturated heterocycles. The molecular weight excluding hydrogens is 436 g/mol. The van der Waals surface area contributed by atoms with Gasteiger partial charge in [-0.25, -0.2) is 9.59 Å². The first-order valence-electron chi connectivity index (χ1n) is 10.8. The summed E-state index contributed by atoms with van der Waals surface area (Å²) in [4.78, 5) is 36.4. The number of carbonyl (C=O) groups is 3. The Labute approximate surface area is 196 Å². The predicted octanol–water partition coefficient (Wildman–Crippen LogP) is 3.76. The number of rotatable bonds is 7. The number of benzene rings is 2. The summed E-state index contributed by atoms with van der Waals surface area (Å²) in [6, 6.07) is 16.1. The molecule has 34 heavy (non-hydrogen) atoms. The fraction of sp³-hybridized carbons (Fsp3) is 0.280. The fourth-order valence-corrected chi connectivity index (χ4v) is 4.29. The molecule has 0 unspecified atom stereocenters. The van der Waals surface area contributed by atoms with E-state index in [1.807, 2.05) is 36.4 Å². The van der Waals surface area contributed by atoms with Crippen LogP contribution in [0.5, 0.6) is 0 Å². The van der Waals surface area contributed by atoms with Gasteiger partial charge in [0.2, 0.25) is 5.91 Å². The zero-order valence-electron chi connectivity index (χ0n) is 19.2. The lowest BCUT2D eigenvalue weighted by molar-refractivity contribution is -0.117. The van der Waals surface area contributed by atoms with E-state index in [4.69, 9.17) is 4.74 Å². The zero-order chi connectivity index (χ0) is 24.5. The molecule has 0 bridgehead atoms. The van der Waals surface area contributed by atoms with Crippen molar-refractivity contribution in [3.63, 3.8) is 0 Å². The van der Waals surface area contributed by atoms with Crippen molar-refractivity contribution in [2.45, 2.75) is 31.7 Å². The molecule has 1 aliphatic rings. The molecule has 3 aromatic rings. The molecule has 2 aromatic carbocycles. The van der Waals surface area contributed by atoms with E-state index in [0.717, 1.165) is 22.3 Å². The summed E-state index contributed by atoms with van der Waals surface area (Å²) in [7, 11) is 1.56. The molecule has 0 atom stereocenters. The second-order valence-electron chi connectivity index (χ2n) is 8.93. The van der Waals surface area contributed by atoms with Crippen LogP contribution in [-0.4, -0.2) is 45.0 Å². The number of nitrogens with one attached hydrogen (secondary N) is 2. The van der Waals surface area contributed by atoms with Crippen LogP contribution < -0.4 is 10.6 Å². The molecule has 4 rings (SSSR count). The molecule has 9 heteroatoms. The van der Waals surface area contributed by atoms with E-state index in [-0.39, 0.29) is 30.3 Å². The lowest BCUT2D eigenvalue weighted by atomic mass is 9.98. The third kappa shape index (κ3) is 4.78. The Morgan fingerprint density at radius 1 is 1.06 bits per heavy atom. The number of ether oxygens (including phenoxy) is 1. The van der Waals surface area contributed by atoms with Crippen molar-refractivity contribution in [1.29, 1.82) is 0 Å². The van der Waals surface area contributed by atoms with Crippen molar-refractivity contribution in [3.8, 4) is 11.1 Å². The number of aryl methyl sites for hydroxylation is 1. The Bertz CT molecular complexity index is 1220. The summed E-state index contributed by atoms with van der Waals surface area (Å²) >= 11 is 0. The SMILES string of the molecule is Cn1cc(NC(=O)CC(C)(C)NC(=O)OCC2c3ccccc3-c3ccccc32)c(C(=O)O)n1. The van der Waals surface area contributed by atoms with Gasteiger partial charge in [-0.15, -0.1) is 0 Å². The normalized spacial score (nSPS) is 12.6. The highest BCUT2D eigenvalue weighted by Crippen LogP contribution is 2.44. The Kier molecular flexibility index (Phi) is 6.10. The minimum Gasteiger partial charge on any atom is -0.476 e. The van der Waals surface area contributed by atoms with Crippen LogP contribution >= 0.6 is 0 Å². The molecule has 2 amide bonds. The highest BCUT2D eigenvalue weighted by Gasteiger charge is 2.30. The second-order valence-corrected chi connectivity index (χ2v) is 8.93. The smallest absolute Gasteiger partial charge is 0.407 e. The molecule has 1 aromatic heterocycles. The highest BCUT2D eigenvalue weighted by molar-refractivity contribution is 5.99. The highest BCUT2D eigenvalue weighted by atomic mass is 16.5. The van der Waals surface area contributed by atoms with Crippen LogP contribution in [0.3, 0.4) is 0 Å². The lowest BCUT2D eigenvalue weighted by Crippen LogP contribution is -2.46. The van der Waals surface area contributed by atoms with Gasteiger partial charge in [0.05, 0.1) is 5.69 Å². The van der Waals surface area contributed by atoms with E-state index in [9.17, 15) is 19.5 Å². The predicted molar refractivity (Wildman–Crippen MR) is 126 cm³/mol. The van der Waals surface area contributed by atoms with Crippen molar-refractivity contribution in [3.05, 3.63) is 71.5 Å². The number of anilines is 1. The maximum atomic E-state index is 12.6. The van der Waals surface area contributed by atoms with E-state index >= 15 is 0 Å². The van der Waals surface area contributed by atoms with Crippen LogP contribution in [0.25, 0.3) is 11.1 Å². The van der Waals surface area contributed by atoms with E-state index in [0.29, 0.717) is 0 Å². The van der Waals surface area contributed by atoms with Gasteiger partial charge in [-0.3, -0.25) is 9.48 Å². The fourth-order valence-electron chi connectivity index (χ4n) is 4.29. The molecule has 1 heterocycles. The number of hydrogen-bond acceptors (Lipinski definition) is 5. The van der Waals surface area contributed by atoms with Crippen LogP contribution in [0, 0.1) is 0 Å². The van der Waals surface area contributed by atoms with Gasteiger partial charge < -0.3 is 20.5 Å². The largest absolute Gasteiger partial charge is 0.476 e. The number of amides is 2. The topological polar surface area (TPSA) is 123 Å². The Balaban J connectivity index is 1.36. The number of hydrogen-bond donors (Lipinski definition) is 3. The first-order valence-corrected chi connectivity index (χ1v) is 10.8. The van der Waals surface area contributed by atoms with Gasteiger partial charge in [0.25, 0.3) is 0 Å². The van der Waals surface area contributed by atoms with Gasteiger partial charge >= 0.3 is 12.1 Å². The minimum absolute atomic E-state index is 0.0652. The molecule has 3 N–H and O–H groups in total. The molecule has 0 radical (unpaired) electrons. The molecule has 9 nitrogen and oxygen atoms in total. The van der Waals surface area contributed by atoms with Crippen molar-refractivity contribution in [1.82, 2.24) is 15.1 Å². The van der Waals surface area contributed by atoms with Crippen LogP contribution in [0.4, 0.5) is 10.5 Å². The number of carboxylic acid groups (broad SMARTS) is 1. The third-order valence-corrected chi connectivity index (χ3v) is 5.69. The quantitative estimate of drug-likeness (QED) is 0.491. The van der Waals surface area contributed by atoms with Crippen molar-refractivity contribution in [2.75, 3.05) is 11.9 Å². The third-order valence-electron chi connectivity index (χ3n) is 5.69. The summed E-state index contributed by atoms with van der Waals surface area (Å²) < 4.78 is 6.86. The number of carboxylic acids is 1. The summed E-state index contributed by atoms with van der Waals surface area (Å²) in [6.45, 7) is 3.55. The average Bonchev–Trinajstić information content (AvgIpc) is 3.29. The van der Waals surface area contributed by atoms with Crippen LogP contribution in [0.2, 0.25) is 0 Å². The second kappa shape index (κ2) is 9.01. The maximum absolute atomic E-state index is 12.6. The Morgan fingerprint density at radius 3 is 2.24 bits per heavy atom. The van der Waals surface area contributed by atoms with Gasteiger partial charge in [-0.2, -0.15) is 5.10 Å². The maximum Gasteiger partial charge on any atom is 0.407 e. The number of fused-ring (bicyclic) bond motifs is 3. The van der Waals surface area contributed by atoms with Gasteiger partial charge in [0.15, 0.2) is 5.69 Å². The van der Waals surface area contributed by atoms with E-state index in [2.05, 4.69) is 27.9 Å². The summed E-state index contributed by atoms with van der Waals surface area (Å²) in [5, 5.41) is 18.3. The van der Waals surface area contributed by atoms with E-state index in [1.54, 1.807) is 20.9 Å². The van der Waals surface area contributed by atoms with Gasteiger partial charge in [-0.05, 0) is 36.1 Å². The number of aromatic carboxylic acids is 1. The van der Waals surface area contributed by atoms with E-state index in [1.165, 1.54) is 10.9 Å². The van der Waals surface area contributed by atoms with Crippen LogP contribution in [0.1, 0.15) is 47.8 Å². The first-order chi connectivity index (χ1) is 16.1. The van der Waals surface area contributed by atoms with Gasteiger partial charge in [0.1, 0.15) is 6.61 Å². The molecule has 0 aliphatic heterocycles. The Morgan fingerprint density at radius 2 is 1.65 bits per heavy atom. The number of carbonyl (C=O) groups excluding carboxylic acids is 2. The van der Waals surface area contributed by atoms with Crippen LogP contribution in [-0.2, 0) is 16.6 Å². The zero-order valence-corrected chi connectivity index (χ0v) is 19.2. The van der Waals surface area contributed by atoms with Gasteiger partial charge in [0, 0.05) is 31.1 Å². The Hall–Kier alpha value is -4.14. The van der Waals surface area contributed by atoms with Gasteiger partial charge in [-0.1, -0.05) is 48.5 Å². The molecule has 1 aliphatic carbocycles. The number of aromatic nitrogens is 2. The van der Waals surface area contributed by atoms with Crippen molar-refractivity contribution in [2.24, 2.45) is 7.05 Å². The lowest BCUT2D eigenvalue weighted by Gasteiger charge is -2.25. The number of nitrogens with zero attached hydrogens (tertiary/aromatic N) is 2. The van der Waals surface area contributed by atoms with E-state index < -0.39 is 23.5 Å². The average molecular weight is 463 g/mol. The summed E-state index contributed by atoms with van der Waals surface area (Å²) in [6.07, 6.45) is 0.686. The van der Waals surface area contributed by atoms with Crippen molar-refractivity contribution >= 4 is 23.7 Å². The summed E-state index contributed by atoms with van der Waals surface area (Å²) in [5.74, 6) is -1.77. The van der Waals surface area contributed by atoms with Crippen LogP contribution in [0.15, 0.2) is 54.7 Å². The molecule has 0 saturated carbocycles. The molecule has 0 fully saturated rings. The van der Waals surface area contributed by atoms with Crippen molar-refractivity contribution < 1.29 is 24.2 Å².